The molecule has 0 N–H and O–H groups in total. The molecule has 7 heteroatoms. The summed E-state index contributed by atoms with van der Waals surface area (Å²) in [4.78, 5) is 38.6. The fourth-order valence-corrected chi connectivity index (χ4v) is 3.06. The van der Waals surface area contributed by atoms with Crippen molar-refractivity contribution in [2.45, 2.75) is 32.7 Å². The van der Waals surface area contributed by atoms with E-state index in [1.807, 2.05) is 0 Å². The average Bonchev–Trinajstić information content (AvgIpc) is 3.00. The number of likely N-dealkylation sites (tertiary alicyclic amines) is 1. The van der Waals surface area contributed by atoms with E-state index in [4.69, 9.17) is 9.15 Å². The van der Waals surface area contributed by atoms with Crippen LogP contribution in [0.5, 0.6) is 0 Å². The van der Waals surface area contributed by atoms with Gasteiger partial charge in [-0.1, -0.05) is 0 Å². The van der Waals surface area contributed by atoms with Crippen molar-refractivity contribution in [3.8, 4) is 0 Å². The molecule has 0 radical (unpaired) electrons. The van der Waals surface area contributed by atoms with Crippen molar-refractivity contribution in [2.24, 2.45) is 0 Å². The van der Waals surface area contributed by atoms with Crippen LogP contribution in [0.4, 0.5) is 4.79 Å². The molecule has 0 aromatic carbocycles. The van der Waals surface area contributed by atoms with Crippen molar-refractivity contribution in [2.75, 3.05) is 19.7 Å². The van der Waals surface area contributed by atoms with E-state index in [2.05, 4.69) is 0 Å². The van der Waals surface area contributed by atoms with Crippen LogP contribution in [-0.4, -0.2) is 53.4 Å². The van der Waals surface area contributed by atoms with E-state index in [9.17, 15) is 14.4 Å². The Kier molecular flexibility index (Phi) is 3.64. The van der Waals surface area contributed by atoms with E-state index in [1.54, 1.807) is 24.8 Å². The largest absolute Gasteiger partial charge is 0.466 e. The second kappa shape index (κ2) is 5.47. The van der Waals surface area contributed by atoms with E-state index in [1.165, 1.54) is 4.90 Å². The van der Waals surface area contributed by atoms with Crippen molar-refractivity contribution in [3.63, 3.8) is 0 Å². The molecule has 3 amide bonds. The zero-order chi connectivity index (χ0) is 15.9. The molecule has 3 heterocycles. The van der Waals surface area contributed by atoms with Crippen molar-refractivity contribution in [1.82, 2.24) is 9.80 Å². The molecule has 0 bridgehead atoms. The third kappa shape index (κ3) is 2.47. The third-order valence-electron chi connectivity index (χ3n) is 4.17. The maximum Gasteiger partial charge on any atom is 0.417 e. The van der Waals surface area contributed by atoms with Crippen LogP contribution in [0, 0.1) is 13.8 Å². The molecule has 3 rings (SSSR count). The summed E-state index contributed by atoms with van der Waals surface area (Å²) in [5.74, 6) is 0.961. The molecule has 1 aromatic rings. The lowest BCUT2D eigenvalue weighted by Gasteiger charge is -2.34. The Morgan fingerprint density at radius 3 is 2.41 bits per heavy atom. The number of furan rings is 1. The van der Waals surface area contributed by atoms with Gasteiger partial charge in [0.05, 0.1) is 5.56 Å². The minimum Gasteiger partial charge on any atom is -0.466 e. The molecular formula is C15H18N2O5. The summed E-state index contributed by atoms with van der Waals surface area (Å²) in [6.07, 6.45) is 0.571. The molecule has 118 valence electrons. The van der Waals surface area contributed by atoms with Gasteiger partial charge in [0.1, 0.15) is 11.5 Å². The highest BCUT2D eigenvalue weighted by Gasteiger charge is 2.39. The number of amides is 3. The van der Waals surface area contributed by atoms with Gasteiger partial charge in [-0.25, -0.2) is 9.69 Å². The van der Waals surface area contributed by atoms with E-state index in [0.717, 1.165) is 0 Å². The van der Waals surface area contributed by atoms with Crippen LogP contribution < -0.4 is 0 Å². The van der Waals surface area contributed by atoms with Gasteiger partial charge in [0.25, 0.3) is 11.8 Å². The molecule has 1 aromatic heterocycles. The summed E-state index contributed by atoms with van der Waals surface area (Å²) in [7, 11) is 0. The molecule has 2 fully saturated rings. The van der Waals surface area contributed by atoms with Gasteiger partial charge in [0, 0.05) is 19.1 Å². The first-order valence-corrected chi connectivity index (χ1v) is 7.32. The molecule has 22 heavy (non-hydrogen) atoms. The van der Waals surface area contributed by atoms with E-state index >= 15 is 0 Å². The summed E-state index contributed by atoms with van der Waals surface area (Å²) < 4.78 is 10.1. The standard InChI is InChI=1S/C15H18N2O5/c1-9-7-12(10(2)22-9)14(19)16-5-3-11(4-6-16)17-13(18)8-21-15(17)20/h7,11H,3-6,8H2,1-2H3. The number of carbonyl (C=O) groups excluding carboxylic acids is 3. The number of cyclic esters (lactones) is 1. The van der Waals surface area contributed by atoms with E-state index in [0.29, 0.717) is 43.0 Å². The average molecular weight is 306 g/mol. The van der Waals surface area contributed by atoms with Gasteiger partial charge in [0.2, 0.25) is 0 Å². The van der Waals surface area contributed by atoms with Crippen LogP contribution in [0.2, 0.25) is 0 Å². The summed E-state index contributed by atoms with van der Waals surface area (Å²) >= 11 is 0. The monoisotopic (exact) mass is 306 g/mol. The Morgan fingerprint density at radius 1 is 1.23 bits per heavy atom. The predicted molar refractivity (Wildman–Crippen MR) is 75.3 cm³/mol. The quantitative estimate of drug-likeness (QED) is 0.827. The molecule has 0 spiro atoms. The number of ether oxygens (including phenoxy) is 1. The molecule has 2 saturated heterocycles. The topological polar surface area (TPSA) is 80.1 Å². The lowest BCUT2D eigenvalue weighted by atomic mass is 10.0. The first-order chi connectivity index (χ1) is 10.5. The van der Waals surface area contributed by atoms with Crippen molar-refractivity contribution < 1.29 is 23.5 Å². The second-order valence-corrected chi connectivity index (χ2v) is 5.67. The number of imide groups is 1. The molecule has 0 saturated carbocycles. The lowest BCUT2D eigenvalue weighted by Crippen LogP contribution is -2.48. The fraction of sp³-hybridized carbons (Fsp3) is 0.533. The van der Waals surface area contributed by atoms with E-state index in [-0.39, 0.29) is 24.5 Å². The summed E-state index contributed by atoms with van der Waals surface area (Å²) in [6, 6.07) is 1.56. The number of carbonyl (C=O) groups is 3. The Balaban J connectivity index is 1.64. The number of nitrogens with zero attached hydrogens (tertiary/aromatic N) is 2. The first-order valence-electron chi connectivity index (χ1n) is 7.32. The lowest BCUT2D eigenvalue weighted by molar-refractivity contribution is -0.127. The van der Waals surface area contributed by atoms with Gasteiger partial charge in [0.15, 0.2) is 6.61 Å². The van der Waals surface area contributed by atoms with Gasteiger partial charge >= 0.3 is 6.09 Å². The SMILES string of the molecule is Cc1cc(C(=O)N2CCC(N3C(=O)COC3=O)CC2)c(C)o1. The maximum atomic E-state index is 12.5. The number of hydrogen-bond acceptors (Lipinski definition) is 5. The van der Waals surface area contributed by atoms with Crippen LogP contribution in [0.1, 0.15) is 34.7 Å². The Bertz CT molecular complexity index is 612. The third-order valence-corrected chi connectivity index (χ3v) is 4.17. The molecule has 0 atom stereocenters. The smallest absolute Gasteiger partial charge is 0.417 e. The normalized spacial score (nSPS) is 19.7. The minimum absolute atomic E-state index is 0.0666. The Hall–Kier alpha value is -2.31. The highest BCUT2D eigenvalue weighted by atomic mass is 16.6. The Morgan fingerprint density at radius 2 is 1.91 bits per heavy atom. The highest BCUT2D eigenvalue weighted by molar-refractivity contribution is 5.98. The van der Waals surface area contributed by atoms with Gasteiger partial charge < -0.3 is 14.1 Å². The minimum atomic E-state index is -0.573. The zero-order valence-corrected chi connectivity index (χ0v) is 12.6. The van der Waals surface area contributed by atoms with Crippen LogP contribution >= 0.6 is 0 Å². The number of rotatable bonds is 2. The maximum absolute atomic E-state index is 12.5. The van der Waals surface area contributed by atoms with Crippen LogP contribution in [0.3, 0.4) is 0 Å². The predicted octanol–water partition coefficient (Wildman–Crippen LogP) is 1.48. The van der Waals surface area contributed by atoms with Crippen molar-refractivity contribution in [1.29, 1.82) is 0 Å². The van der Waals surface area contributed by atoms with Crippen molar-refractivity contribution in [3.05, 3.63) is 23.2 Å². The van der Waals surface area contributed by atoms with Crippen LogP contribution in [0.15, 0.2) is 10.5 Å². The highest BCUT2D eigenvalue weighted by Crippen LogP contribution is 2.23. The van der Waals surface area contributed by atoms with Gasteiger partial charge in [-0.05, 0) is 32.8 Å². The molecule has 2 aliphatic heterocycles. The summed E-state index contributed by atoms with van der Waals surface area (Å²) in [5.41, 5.74) is 0.576. The molecule has 0 aliphatic carbocycles. The molecule has 2 aliphatic rings. The summed E-state index contributed by atoms with van der Waals surface area (Å²) in [5, 5.41) is 0. The zero-order valence-electron chi connectivity index (χ0n) is 12.6. The Labute approximate surface area is 127 Å². The number of piperidine rings is 1. The number of aryl methyl sites for hydroxylation is 2. The molecular weight excluding hydrogens is 288 g/mol. The number of hydrogen-bond donors (Lipinski definition) is 0. The van der Waals surface area contributed by atoms with Gasteiger partial charge in [-0.2, -0.15) is 0 Å². The van der Waals surface area contributed by atoms with Crippen LogP contribution in [-0.2, 0) is 9.53 Å². The fourth-order valence-electron chi connectivity index (χ4n) is 3.06. The van der Waals surface area contributed by atoms with Gasteiger partial charge in [-0.15, -0.1) is 0 Å². The van der Waals surface area contributed by atoms with E-state index < -0.39 is 6.09 Å². The first kappa shape index (κ1) is 14.6. The van der Waals surface area contributed by atoms with Crippen LogP contribution in [0.25, 0.3) is 0 Å². The second-order valence-electron chi connectivity index (χ2n) is 5.67. The van der Waals surface area contributed by atoms with Crippen molar-refractivity contribution >= 4 is 17.9 Å². The van der Waals surface area contributed by atoms with Gasteiger partial charge in [-0.3, -0.25) is 9.59 Å². The molecule has 0 unspecified atom stereocenters. The summed E-state index contributed by atoms with van der Waals surface area (Å²) in [6.45, 7) is 4.41. The molecule has 7 nitrogen and oxygen atoms in total.